The summed E-state index contributed by atoms with van der Waals surface area (Å²) in [6, 6.07) is 11.8. The van der Waals surface area contributed by atoms with E-state index < -0.39 is 0 Å². The van der Waals surface area contributed by atoms with Gasteiger partial charge in [-0.3, -0.25) is 0 Å². The van der Waals surface area contributed by atoms with Gasteiger partial charge in [0.1, 0.15) is 5.82 Å². The van der Waals surface area contributed by atoms with Gasteiger partial charge in [0, 0.05) is 17.5 Å². The SMILES string of the molecule is Cc1ccc(C)c(NC(=O)N/C=C/c2ccccc2F)c1. The lowest BCUT2D eigenvalue weighted by atomic mass is 10.1. The van der Waals surface area contributed by atoms with Crippen molar-refractivity contribution in [2.75, 3.05) is 5.32 Å². The van der Waals surface area contributed by atoms with E-state index in [2.05, 4.69) is 10.6 Å². The third kappa shape index (κ3) is 4.18. The van der Waals surface area contributed by atoms with Gasteiger partial charge in [0.25, 0.3) is 0 Å². The summed E-state index contributed by atoms with van der Waals surface area (Å²) in [4.78, 5) is 11.8. The molecule has 0 bridgehead atoms. The van der Waals surface area contributed by atoms with Gasteiger partial charge in [-0.25, -0.2) is 9.18 Å². The molecule has 0 fully saturated rings. The average molecular weight is 284 g/mol. The average Bonchev–Trinajstić information content (AvgIpc) is 2.45. The Balaban J connectivity index is 1.96. The molecule has 0 aliphatic heterocycles. The van der Waals surface area contributed by atoms with Crippen LogP contribution in [0, 0.1) is 19.7 Å². The van der Waals surface area contributed by atoms with Gasteiger partial charge < -0.3 is 10.6 Å². The topological polar surface area (TPSA) is 41.1 Å². The molecule has 0 heterocycles. The summed E-state index contributed by atoms with van der Waals surface area (Å²) in [5.41, 5.74) is 3.22. The van der Waals surface area contributed by atoms with E-state index in [0.29, 0.717) is 5.56 Å². The molecule has 2 aromatic carbocycles. The van der Waals surface area contributed by atoms with Crippen molar-refractivity contribution in [3.8, 4) is 0 Å². The Labute approximate surface area is 123 Å². The van der Waals surface area contributed by atoms with Crippen molar-refractivity contribution in [1.29, 1.82) is 0 Å². The molecule has 2 amide bonds. The van der Waals surface area contributed by atoms with Crippen LogP contribution in [-0.4, -0.2) is 6.03 Å². The van der Waals surface area contributed by atoms with Crippen LogP contribution < -0.4 is 10.6 Å². The summed E-state index contributed by atoms with van der Waals surface area (Å²) in [7, 11) is 0. The zero-order valence-electron chi connectivity index (χ0n) is 12.0. The van der Waals surface area contributed by atoms with E-state index in [4.69, 9.17) is 0 Å². The first kappa shape index (κ1) is 14.8. The molecule has 2 aromatic rings. The van der Waals surface area contributed by atoms with E-state index in [1.807, 2.05) is 32.0 Å². The Morgan fingerprint density at radius 3 is 2.67 bits per heavy atom. The van der Waals surface area contributed by atoms with Crippen LogP contribution in [0.3, 0.4) is 0 Å². The number of hydrogen-bond donors (Lipinski definition) is 2. The molecule has 21 heavy (non-hydrogen) atoms. The molecular weight excluding hydrogens is 267 g/mol. The summed E-state index contributed by atoms with van der Waals surface area (Å²) < 4.78 is 13.4. The predicted octanol–water partition coefficient (Wildman–Crippen LogP) is 4.23. The van der Waals surface area contributed by atoms with Gasteiger partial charge in [-0.2, -0.15) is 0 Å². The number of carbonyl (C=O) groups is 1. The minimum absolute atomic E-state index is 0.328. The molecule has 0 aromatic heterocycles. The molecule has 2 rings (SSSR count). The molecule has 0 saturated heterocycles. The smallest absolute Gasteiger partial charge is 0.314 e. The van der Waals surface area contributed by atoms with Crippen LogP contribution >= 0.6 is 0 Å². The largest absolute Gasteiger partial charge is 0.323 e. The molecule has 0 unspecified atom stereocenters. The maximum atomic E-state index is 13.4. The second-order valence-corrected chi connectivity index (χ2v) is 4.77. The number of anilines is 1. The highest BCUT2D eigenvalue weighted by Crippen LogP contribution is 2.16. The Bertz CT molecular complexity index is 680. The number of rotatable bonds is 3. The van der Waals surface area contributed by atoms with E-state index in [1.54, 1.807) is 18.2 Å². The number of benzene rings is 2. The van der Waals surface area contributed by atoms with Crippen molar-refractivity contribution < 1.29 is 9.18 Å². The van der Waals surface area contributed by atoms with Crippen LogP contribution in [0.2, 0.25) is 0 Å². The number of nitrogens with one attached hydrogen (secondary N) is 2. The Kier molecular flexibility index (Phi) is 4.72. The molecule has 108 valence electrons. The monoisotopic (exact) mass is 284 g/mol. The highest BCUT2D eigenvalue weighted by Gasteiger charge is 2.03. The van der Waals surface area contributed by atoms with Gasteiger partial charge in [0.15, 0.2) is 0 Å². The van der Waals surface area contributed by atoms with Gasteiger partial charge in [-0.05, 0) is 43.2 Å². The van der Waals surface area contributed by atoms with Gasteiger partial charge in [0.05, 0.1) is 0 Å². The summed E-state index contributed by atoms with van der Waals surface area (Å²) in [6.07, 6.45) is 2.93. The first-order valence-corrected chi connectivity index (χ1v) is 6.62. The maximum absolute atomic E-state index is 13.4. The van der Waals surface area contributed by atoms with E-state index in [1.165, 1.54) is 18.3 Å². The van der Waals surface area contributed by atoms with Crippen molar-refractivity contribution in [3.63, 3.8) is 0 Å². The van der Waals surface area contributed by atoms with Gasteiger partial charge in [0.2, 0.25) is 0 Å². The normalized spacial score (nSPS) is 10.6. The predicted molar refractivity (Wildman–Crippen MR) is 83.5 cm³/mol. The van der Waals surface area contributed by atoms with Crippen LogP contribution in [0.1, 0.15) is 16.7 Å². The second kappa shape index (κ2) is 6.70. The van der Waals surface area contributed by atoms with Crippen LogP contribution in [0.15, 0.2) is 48.7 Å². The maximum Gasteiger partial charge on any atom is 0.323 e. The van der Waals surface area contributed by atoms with Crippen LogP contribution in [0.5, 0.6) is 0 Å². The lowest BCUT2D eigenvalue weighted by molar-refractivity contribution is 0.255. The lowest BCUT2D eigenvalue weighted by Crippen LogP contribution is -2.24. The van der Waals surface area contributed by atoms with Gasteiger partial charge >= 0.3 is 6.03 Å². The highest BCUT2D eigenvalue weighted by atomic mass is 19.1. The first-order chi connectivity index (χ1) is 10.1. The fourth-order valence-corrected chi connectivity index (χ4v) is 1.85. The summed E-state index contributed by atoms with van der Waals surface area (Å²) >= 11 is 0. The third-order valence-electron chi connectivity index (χ3n) is 3.02. The van der Waals surface area contributed by atoms with Crippen LogP contribution in [0.25, 0.3) is 6.08 Å². The van der Waals surface area contributed by atoms with E-state index in [9.17, 15) is 9.18 Å². The van der Waals surface area contributed by atoms with Crippen LogP contribution in [0.4, 0.5) is 14.9 Å². The second-order valence-electron chi connectivity index (χ2n) is 4.77. The van der Waals surface area contributed by atoms with Gasteiger partial charge in [-0.1, -0.05) is 30.3 Å². The summed E-state index contributed by atoms with van der Waals surface area (Å²) in [5.74, 6) is -0.328. The van der Waals surface area contributed by atoms with E-state index >= 15 is 0 Å². The molecule has 0 saturated carbocycles. The third-order valence-corrected chi connectivity index (χ3v) is 3.02. The highest BCUT2D eigenvalue weighted by molar-refractivity contribution is 5.91. The van der Waals surface area contributed by atoms with E-state index in [0.717, 1.165) is 16.8 Å². The van der Waals surface area contributed by atoms with Crippen molar-refractivity contribution in [3.05, 3.63) is 71.2 Å². The summed E-state index contributed by atoms with van der Waals surface area (Å²) in [5, 5.41) is 5.31. The van der Waals surface area contributed by atoms with Crippen LogP contribution in [-0.2, 0) is 0 Å². The standard InChI is InChI=1S/C17H17FN2O/c1-12-7-8-13(2)16(11-12)20-17(21)19-10-9-14-5-3-4-6-15(14)18/h3-11H,1-2H3,(H2,19,20,21)/b10-9+. The number of amides is 2. The molecule has 0 radical (unpaired) electrons. The number of carbonyl (C=O) groups excluding carboxylic acids is 1. The fraction of sp³-hybridized carbons (Fsp3) is 0.118. The minimum atomic E-state index is -0.365. The number of aryl methyl sites for hydroxylation is 2. The Morgan fingerprint density at radius 1 is 1.14 bits per heavy atom. The summed E-state index contributed by atoms with van der Waals surface area (Å²) in [6.45, 7) is 3.88. The first-order valence-electron chi connectivity index (χ1n) is 6.62. The zero-order valence-corrected chi connectivity index (χ0v) is 12.0. The fourth-order valence-electron chi connectivity index (χ4n) is 1.85. The quantitative estimate of drug-likeness (QED) is 0.870. The Hall–Kier alpha value is -2.62. The molecule has 0 atom stereocenters. The molecule has 0 aliphatic carbocycles. The molecule has 0 aliphatic rings. The Morgan fingerprint density at radius 2 is 1.90 bits per heavy atom. The molecule has 0 spiro atoms. The molecule has 2 N–H and O–H groups in total. The van der Waals surface area contributed by atoms with Crippen molar-refractivity contribution in [2.24, 2.45) is 0 Å². The molecular formula is C17H17FN2O. The minimum Gasteiger partial charge on any atom is -0.314 e. The van der Waals surface area contributed by atoms with Crippen molar-refractivity contribution >= 4 is 17.8 Å². The number of hydrogen-bond acceptors (Lipinski definition) is 1. The lowest BCUT2D eigenvalue weighted by Gasteiger charge is -2.08. The number of halogens is 1. The molecule has 3 nitrogen and oxygen atoms in total. The molecule has 4 heteroatoms. The zero-order chi connectivity index (χ0) is 15.2. The van der Waals surface area contributed by atoms with Crippen molar-refractivity contribution in [1.82, 2.24) is 5.32 Å². The van der Waals surface area contributed by atoms with E-state index in [-0.39, 0.29) is 11.8 Å². The van der Waals surface area contributed by atoms with Gasteiger partial charge in [-0.15, -0.1) is 0 Å². The van der Waals surface area contributed by atoms with Crippen molar-refractivity contribution in [2.45, 2.75) is 13.8 Å². The number of urea groups is 1.